The number of benzene rings is 1. The summed E-state index contributed by atoms with van der Waals surface area (Å²) in [7, 11) is 1.68. The second-order valence-electron chi connectivity index (χ2n) is 4.65. The molecule has 3 heteroatoms. The van der Waals surface area contributed by atoms with Crippen molar-refractivity contribution >= 4 is 22.6 Å². The Labute approximate surface area is 111 Å². The number of hydrogen-bond acceptors (Lipinski definition) is 2. The van der Waals surface area contributed by atoms with Crippen LogP contribution >= 0.6 is 22.6 Å². The van der Waals surface area contributed by atoms with Gasteiger partial charge in [-0.05, 0) is 38.5 Å². The molecule has 0 heterocycles. The molecule has 0 aliphatic rings. The van der Waals surface area contributed by atoms with Crippen LogP contribution in [0.15, 0.2) is 24.3 Å². The fraction of sp³-hybridized carbons (Fsp3) is 0.538. The van der Waals surface area contributed by atoms with Crippen LogP contribution in [0.5, 0.6) is 5.75 Å². The van der Waals surface area contributed by atoms with Gasteiger partial charge in [-0.1, -0.05) is 34.7 Å². The van der Waals surface area contributed by atoms with Crippen LogP contribution in [-0.4, -0.2) is 17.1 Å². The summed E-state index contributed by atoms with van der Waals surface area (Å²) in [5.74, 6) is 0.881. The van der Waals surface area contributed by atoms with Crippen molar-refractivity contribution in [2.24, 2.45) is 0 Å². The van der Waals surface area contributed by atoms with E-state index in [1.54, 1.807) is 7.11 Å². The van der Waals surface area contributed by atoms with Crippen LogP contribution < -0.4 is 4.74 Å². The fourth-order valence-electron chi connectivity index (χ4n) is 1.43. The first kappa shape index (κ1) is 13.8. The average Bonchev–Trinajstić information content (AvgIpc) is 2.25. The molecular weight excluding hydrogens is 315 g/mol. The lowest BCUT2D eigenvalue weighted by Gasteiger charge is -2.26. The fourth-order valence-corrected chi connectivity index (χ4v) is 2.12. The summed E-state index contributed by atoms with van der Waals surface area (Å²) in [4.78, 5) is 0. The van der Waals surface area contributed by atoms with Crippen LogP contribution in [0.3, 0.4) is 0 Å². The molecule has 0 fully saturated rings. The molecule has 0 aliphatic carbocycles. The van der Waals surface area contributed by atoms with Gasteiger partial charge in [-0.3, -0.25) is 0 Å². The normalized spacial score (nSPS) is 13.6. The third-order valence-electron chi connectivity index (χ3n) is 2.12. The van der Waals surface area contributed by atoms with Crippen molar-refractivity contribution in [2.45, 2.75) is 32.5 Å². The van der Waals surface area contributed by atoms with Crippen LogP contribution in [-0.2, 0) is 4.74 Å². The predicted molar refractivity (Wildman–Crippen MR) is 75.5 cm³/mol. The summed E-state index contributed by atoms with van der Waals surface area (Å²) in [6.45, 7) is 6.24. The van der Waals surface area contributed by atoms with Crippen LogP contribution in [0, 0.1) is 0 Å². The molecule has 0 saturated heterocycles. The smallest absolute Gasteiger partial charge is 0.118 e. The third-order valence-corrected chi connectivity index (χ3v) is 2.92. The van der Waals surface area contributed by atoms with Gasteiger partial charge in [-0.2, -0.15) is 0 Å². The SMILES string of the molecule is COc1ccc(C(CI)OC(C)(C)C)cc1. The highest BCUT2D eigenvalue weighted by atomic mass is 127. The number of rotatable bonds is 4. The molecule has 1 atom stereocenters. The quantitative estimate of drug-likeness (QED) is 0.612. The van der Waals surface area contributed by atoms with Gasteiger partial charge >= 0.3 is 0 Å². The minimum atomic E-state index is -0.115. The molecule has 0 aliphatic heterocycles. The number of alkyl halides is 1. The molecule has 0 bridgehead atoms. The summed E-state index contributed by atoms with van der Waals surface area (Å²) in [5.41, 5.74) is 1.08. The van der Waals surface area contributed by atoms with Gasteiger partial charge in [-0.25, -0.2) is 0 Å². The van der Waals surface area contributed by atoms with E-state index in [2.05, 4.69) is 55.5 Å². The molecule has 1 rings (SSSR count). The van der Waals surface area contributed by atoms with Crippen LogP contribution in [0.4, 0.5) is 0 Å². The van der Waals surface area contributed by atoms with E-state index in [1.807, 2.05) is 12.1 Å². The first-order chi connectivity index (χ1) is 7.46. The highest BCUT2D eigenvalue weighted by Crippen LogP contribution is 2.27. The standard InChI is InChI=1S/C13H19IO2/c1-13(2,3)16-12(9-14)10-5-7-11(15-4)8-6-10/h5-8,12H,9H2,1-4H3. The zero-order valence-electron chi connectivity index (χ0n) is 10.3. The Morgan fingerprint density at radius 2 is 1.75 bits per heavy atom. The van der Waals surface area contributed by atoms with Gasteiger partial charge in [0.2, 0.25) is 0 Å². The van der Waals surface area contributed by atoms with Crippen LogP contribution in [0.1, 0.15) is 32.4 Å². The predicted octanol–water partition coefficient (Wildman–Crippen LogP) is 3.99. The van der Waals surface area contributed by atoms with Crippen molar-refractivity contribution in [1.82, 2.24) is 0 Å². The van der Waals surface area contributed by atoms with Gasteiger partial charge in [0.25, 0.3) is 0 Å². The molecule has 1 aromatic rings. The molecule has 16 heavy (non-hydrogen) atoms. The molecule has 2 nitrogen and oxygen atoms in total. The lowest BCUT2D eigenvalue weighted by Crippen LogP contribution is -2.23. The van der Waals surface area contributed by atoms with Gasteiger partial charge in [-0.15, -0.1) is 0 Å². The molecule has 90 valence electrons. The maximum atomic E-state index is 6.00. The Balaban J connectivity index is 2.79. The molecule has 0 aromatic heterocycles. The largest absolute Gasteiger partial charge is 0.497 e. The Kier molecular flexibility index (Phi) is 5.05. The van der Waals surface area contributed by atoms with Gasteiger partial charge in [0.15, 0.2) is 0 Å². The van der Waals surface area contributed by atoms with Crippen molar-refractivity contribution in [2.75, 3.05) is 11.5 Å². The van der Waals surface area contributed by atoms with Crippen molar-refractivity contribution < 1.29 is 9.47 Å². The second kappa shape index (κ2) is 5.87. The number of ether oxygens (including phenoxy) is 2. The van der Waals surface area contributed by atoms with E-state index in [9.17, 15) is 0 Å². The maximum Gasteiger partial charge on any atom is 0.118 e. The third kappa shape index (κ3) is 4.29. The molecule has 0 radical (unpaired) electrons. The van der Waals surface area contributed by atoms with E-state index in [4.69, 9.17) is 9.47 Å². The number of halogens is 1. The van der Waals surface area contributed by atoms with Crippen LogP contribution in [0.2, 0.25) is 0 Å². The van der Waals surface area contributed by atoms with E-state index in [0.29, 0.717) is 0 Å². The molecule has 0 amide bonds. The van der Waals surface area contributed by atoms with Crippen molar-refractivity contribution in [3.63, 3.8) is 0 Å². The zero-order chi connectivity index (χ0) is 12.2. The Morgan fingerprint density at radius 1 is 1.19 bits per heavy atom. The van der Waals surface area contributed by atoms with E-state index in [-0.39, 0.29) is 11.7 Å². The van der Waals surface area contributed by atoms with Gasteiger partial charge in [0.05, 0.1) is 18.8 Å². The van der Waals surface area contributed by atoms with Crippen molar-refractivity contribution in [1.29, 1.82) is 0 Å². The first-order valence-electron chi connectivity index (χ1n) is 5.34. The minimum Gasteiger partial charge on any atom is -0.497 e. The van der Waals surface area contributed by atoms with E-state index in [1.165, 1.54) is 5.56 Å². The highest BCUT2D eigenvalue weighted by molar-refractivity contribution is 14.1. The lowest BCUT2D eigenvalue weighted by atomic mass is 10.1. The first-order valence-corrected chi connectivity index (χ1v) is 6.86. The Hall–Kier alpha value is -0.290. The van der Waals surface area contributed by atoms with Crippen LogP contribution in [0.25, 0.3) is 0 Å². The molecule has 1 unspecified atom stereocenters. The number of methoxy groups -OCH3 is 1. The summed E-state index contributed by atoms with van der Waals surface area (Å²) in [5, 5.41) is 0. The Bertz CT molecular complexity index is 314. The van der Waals surface area contributed by atoms with Gasteiger partial charge in [0.1, 0.15) is 5.75 Å². The molecule has 0 spiro atoms. The van der Waals surface area contributed by atoms with Gasteiger partial charge in [0, 0.05) is 4.43 Å². The van der Waals surface area contributed by atoms with E-state index in [0.717, 1.165) is 10.2 Å². The Morgan fingerprint density at radius 3 is 2.12 bits per heavy atom. The van der Waals surface area contributed by atoms with Gasteiger partial charge < -0.3 is 9.47 Å². The number of hydrogen-bond donors (Lipinski definition) is 0. The summed E-state index contributed by atoms with van der Waals surface area (Å²) in [6.07, 6.45) is 0.145. The maximum absolute atomic E-state index is 6.00. The highest BCUT2D eigenvalue weighted by Gasteiger charge is 2.19. The second-order valence-corrected chi connectivity index (χ2v) is 5.53. The molecule has 0 saturated carbocycles. The zero-order valence-corrected chi connectivity index (χ0v) is 12.4. The average molecular weight is 334 g/mol. The molecule has 0 N–H and O–H groups in total. The summed E-state index contributed by atoms with van der Waals surface area (Å²) < 4.78 is 12.1. The summed E-state index contributed by atoms with van der Waals surface area (Å²) in [6, 6.07) is 8.07. The summed E-state index contributed by atoms with van der Waals surface area (Å²) >= 11 is 2.35. The van der Waals surface area contributed by atoms with E-state index < -0.39 is 0 Å². The molecular formula is C13H19IO2. The molecule has 1 aromatic carbocycles. The van der Waals surface area contributed by atoms with Crippen molar-refractivity contribution in [3.8, 4) is 5.75 Å². The minimum absolute atomic E-state index is 0.115. The van der Waals surface area contributed by atoms with E-state index >= 15 is 0 Å². The van der Waals surface area contributed by atoms with Crippen molar-refractivity contribution in [3.05, 3.63) is 29.8 Å². The monoisotopic (exact) mass is 334 g/mol. The topological polar surface area (TPSA) is 18.5 Å². The lowest BCUT2D eigenvalue weighted by molar-refractivity contribution is -0.0494.